The lowest BCUT2D eigenvalue weighted by molar-refractivity contribution is -0.127. The summed E-state index contributed by atoms with van der Waals surface area (Å²) in [7, 11) is 0. The summed E-state index contributed by atoms with van der Waals surface area (Å²) in [4.78, 5) is 27.6. The van der Waals surface area contributed by atoms with Crippen LogP contribution in [0.3, 0.4) is 0 Å². The minimum Gasteiger partial charge on any atom is -0.310 e. The third-order valence-corrected chi connectivity index (χ3v) is 3.47. The van der Waals surface area contributed by atoms with Crippen LogP contribution in [-0.2, 0) is 9.59 Å². The number of aryl methyl sites for hydroxylation is 1. The normalized spacial score (nSPS) is 23.8. The molecule has 0 bridgehead atoms. The van der Waals surface area contributed by atoms with Crippen LogP contribution in [0.2, 0.25) is 0 Å². The Morgan fingerprint density at radius 2 is 2.22 bits per heavy atom. The van der Waals surface area contributed by atoms with E-state index in [1.165, 1.54) is 0 Å². The molecule has 0 unspecified atom stereocenters. The number of carbonyl (C=O) groups is 2. The SMILES string of the molecule is Cc1ccc(NC(=O)[C@@H]2CCC(=O)C[C@H]2C)nc1. The number of nitrogens with one attached hydrogen (secondary N) is 1. The van der Waals surface area contributed by atoms with Crippen LogP contribution >= 0.6 is 0 Å². The molecule has 0 radical (unpaired) electrons. The maximum Gasteiger partial charge on any atom is 0.228 e. The van der Waals surface area contributed by atoms with Crippen molar-refractivity contribution in [1.82, 2.24) is 4.98 Å². The Balaban J connectivity index is 1.99. The number of anilines is 1. The van der Waals surface area contributed by atoms with Crippen molar-refractivity contribution in [2.45, 2.75) is 33.1 Å². The third-order valence-electron chi connectivity index (χ3n) is 3.47. The summed E-state index contributed by atoms with van der Waals surface area (Å²) in [6.45, 7) is 3.91. The highest BCUT2D eigenvalue weighted by Crippen LogP contribution is 2.28. The van der Waals surface area contributed by atoms with Crippen LogP contribution < -0.4 is 5.32 Å². The van der Waals surface area contributed by atoms with Crippen LogP contribution in [0.1, 0.15) is 31.7 Å². The first kappa shape index (κ1) is 12.7. The molecule has 4 heteroatoms. The predicted octanol–water partition coefficient (Wildman–Crippen LogP) is 2.33. The zero-order chi connectivity index (χ0) is 13.1. The second kappa shape index (κ2) is 5.29. The van der Waals surface area contributed by atoms with Gasteiger partial charge in [-0.2, -0.15) is 0 Å². The van der Waals surface area contributed by atoms with Gasteiger partial charge in [-0.3, -0.25) is 9.59 Å². The largest absolute Gasteiger partial charge is 0.310 e. The van der Waals surface area contributed by atoms with E-state index >= 15 is 0 Å². The van der Waals surface area contributed by atoms with Crippen molar-refractivity contribution in [3.63, 3.8) is 0 Å². The minimum atomic E-state index is -0.0780. The first-order valence-corrected chi connectivity index (χ1v) is 6.31. The average Bonchev–Trinajstić information content (AvgIpc) is 2.32. The van der Waals surface area contributed by atoms with E-state index < -0.39 is 0 Å². The highest BCUT2D eigenvalue weighted by molar-refractivity contribution is 5.93. The van der Waals surface area contributed by atoms with Crippen molar-refractivity contribution < 1.29 is 9.59 Å². The van der Waals surface area contributed by atoms with E-state index in [4.69, 9.17) is 0 Å². The highest BCUT2D eigenvalue weighted by Gasteiger charge is 2.31. The Kier molecular flexibility index (Phi) is 3.75. The molecular weight excluding hydrogens is 228 g/mol. The number of amides is 1. The zero-order valence-electron chi connectivity index (χ0n) is 10.8. The molecule has 2 rings (SSSR count). The fourth-order valence-corrected chi connectivity index (χ4v) is 2.35. The van der Waals surface area contributed by atoms with Gasteiger partial charge in [-0.1, -0.05) is 13.0 Å². The molecule has 1 N–H and O–H groups in total. The Morgan fingerprint density at radius 3 is 2.83 bits per heavy atom. The number of hydrogen-bond donors (Lipinski definition) is 1. The minimum absolute atomic E-state index is 0.0219. The summed E-state index contributed by atoms with van der Waals surface area (Å²) in [6, 6.07) is 3.71. The van der Waals surface area contributed by atoms with Crippen molar-refractivity contribution in [3.8, 4) is 0 Å². The molecule has 1 saturated carbocycles. The van der Waals surface area contributed by atoms with Crippen LogP contribution in [0.5, 0.6) is 0 Å². The summed E-state index contributed by atoms with van der Waals surface area (Å²) in [5, 5.41) is 2.82. The molecule has 0 spiro atoms. The number of ketones is 1. The smallest absolute Gasteiger partial charge is 0.228 e. The van der Waals surface area contributed by atoms with Crippen LogP contribution in [-0.4, -0.2) is 16.7 Å². The molecule has 2 atom stereocenters. The summed E-state index contributed by atoms with van der Waals surface area (Å²) in [5.41, 5.74) is 1.06. The molecule has 1 aromatic heterocycles. The Morgan fingerprint density at radius 1 is 1.44 bits per heavy atom. The van der Waals surface area contributed by atoms with Gasteiger partial charge in [0.15, 0.2) is 0 Å². The van der Waals surface area contributed by atoms with E-state index in [0.717, 1.165) is 5.56 Å². The molecular formula is C14H18N2O2. The van der Waals surface area contributed by atoms with Crippen molar-refractivity contribution in [2.75, 3.05) is 5.32 Å². The van der Waals surface area contributed by atoms with E-state index in [2.05, 4.69) is 10.3 Å². The number of nitrogens with zero attached hydrogens (tertiary/aromatic N) is 1. The molecule has 0 saturated heterocycles. The highest BCUT2D eigenvalue weighted by atomic mass is 16.2. The molecule has 1 amide bonds. The van der Waals surface area contributed by atoms with Gasteiger partial charge in [0, 0.05) is 25.0 Å². The molecule has 0 aromatic carbocycles. The van der Waals surface area contributed by atoms with Gasteiger partial charge >= 0.3 is 0 Å². The van der Waals surface area contributed by atoms with E-state index in [0.29, 0.717) is 25.1 Å². The lowest BCUT2D eigenvalue weighted by Crippen LogP contribution is -2.33. The number of Topliss-reactive ketones (excluding diaryl/α,β-unsaturated/α-hetero) is 1. The van der Waals surface area contributed by atoms with Crippen molar-refractivity contribution in [1.29, 1.82) is 0 Å². The van der Waals surface area contributed by atoms with Gasteiger partial charge in [-0.05, 0) is 30.9 Å². The number of carbonyl (C=O) groups excluding carboxylic acids is 2. The van der Waals surface area contributed by atoms with Gasteiger partial charge in [-0.15, -0.1) is 0 Å². The second-order valence-corrected chi connectivity index (χ2v) is 5.08. The van der Waals surface area contributed by atoms with Gasteiger partial charge in [0.2, 0.25) is 5.91 Å². The van der Waals surface area contributed by atoms with Gasteiger partial charge < -0.3 is 5.32 Å². The fourth-order valence-electron chi connectivity index (χ4n) is 2.35. The lowest BCUT2D eigenvalue weighted by atomic mass is 9.79. The molecule has 1 aromatic rings. The van der Waals surface area contributed by atoms with Crippen LogP contribution in [0.4, 0.5) is 5.82 Å². The van der Waals surface area contributed by atoms with Crippen LogP contribution in [0.15, 0.2) is 18.3 Å². The maximum atomic E-state index is 12.1. The molecule has 1 fully saturated rings. The Bertz CT molecular complexity index is 453. The first-order valence-electron chi connectivity index (χ1n) is 6.31. The van der Waals surface area contributed by atoms with E-state index in [1.807, 2.05) is 19.9 Å². The molecule has 18 heavy (non-hydrogen) atoms. The molecule has 1 aliphatic rings. The molecule has 1 heterocycles. The number of pyridine rings is 1. The molecule has 4 nitrogen and oxygen atoms in total. The van der Waals surface area contributed by atoms with Gasteiger partial charge in [0.05, 0.1) is 0 Å². The number of hydrogen-bond acceptors (Lipinski definition) is 3. The van der Waals surface area contributed by atoms with Crippen LogP contribution in [0, 0.1) is 18.8 Å². The van der Waals surface area contributed by atoms with Crippen LogP contribution in [0.25, 0.3) is 0 Å². The quantitative estimate of drug-likeness (QED) is 0.871. The van der Waals surface area contributed by atoms with E-state index in [-0.39, 0.29) is 23.5 Å². The number of rotatable bonds is 2. The molecule has 0 aliphatic heterocycles. The second-order valence-electron chi connectivity index (χ2n) is 5.08. The summed E-state index contributed by atoms with van der Waals surface area (Å²) in [6.07, 6.45) is 3.41. The lowest BCUT2D eigenvalue weighted by Gasteiger charge is -2.26. The third kappa shape index (κ3) is 2.94. The zero-order valence-corrected chi connectivity index (χ0v) is 10.8. The van der Waals surface area contributed by atoms with Gasteiger partial charge in [0.25, 0.3) is 0 Å². The topological polar surface area (TPSA) is 59.1 Å². The number of aromatic nitrogens is 1. The van der Waals surface area contributed by atoms with E-state index in [9.17, 15) is 9.59 Å². The van der Waals surface area contributed by atoms with E-state index in [1.54, 1.807) is 12.3 Å². The summed E-state index contributed by atoms with van der Waals surface area (Å²) < 4.78 is 0. The summed E-state index contributed by atoms with van der Waals surface area (Å²) in [5.74, 6) is 0.864. The fraction of sp³-hybridized carbons (Fsp3) is 0.500. The molecule has 1 aliphatic carbocycles. The van der Waals surface area contributed by atoms with Gasteiger partial charge in [-0.25, -0.2) is 4.98 Å². The Labute approximate surface area is 107 Å². The summed E-state index contributed by atoms with van der Waals surface area (Å²) >= 11 is 0. The monoisotopic (exact) mass is 246 g/mol. The average molecular weight is 246 g/mol. The van der Waals surface area contributed by atoms with Gasteiger partial charge in [0.1, 0.15) is 11.6 Å². The first-order chi connectivity index (χ1) is 8.56. The standard InChI is InChI=1S/C14H18N2O2/c1-9-3-6-13(15-8-9)16-14(18)12-5-4-11(17)7-10(12)2/h3,6,8,10,12H,4-5,7H2,1-2H3,(H,15,16,18)/t10-,12-/m1/s1. The maximum absolute atomic E-state index is 12.1. The Hall–Kier alpha value is -1.71. The predicted molar refractivity (Wildman–Crippen MR) is 69.1 cm³/mol. The van der Waals surface area contributed by atoms with Crippen molar-refractivity contribution in [3.05, 3.63) is 23.9 Å². The van der Waals surface area contributed by atoms with Crippen molar-refractivity contribution >= 4 is 17.5 Å². The van der Waals surface area contributed by atoms with Crippen molar-refractivity contribution in [2.24, 2.45) is 11.8 Å². The molecule has 96 valence electrons.